The van der Waals surface area contributed by atoms with E-state index in [4.69, 9.17) is 4.74 Å². The highest BCUT2D eigenvalue weighted by atomic mass is 32.2. The van der Waals surface area contributed by atoms with Crippen molar-refractivity contribution in [3.05, 3.63) is 16.3 Å². The van der Waals surface area contributed by atoms with Gasteiger partial charge in [0.2, 0.25) is 10.0 Å². The summed E-state index contributed by atoms with van der Waals surface area (Å²) in [5, 5.41) is 7.96. The number of morpholine rings is 1. The van der Waals surface area contributed by atoms with E-state index in [0.29, 0.717) is 32.2 Å². The minimum atomic E-state index is -3.66. The van der Waals surface area contributed by atoms with Gasteiger partial charge in [-0.3, -0.25) is 4.79 Å². The lowest BCUT2D eigenvalue weighted by atomic mass is 9.95. The Morgan fingerprint density at radius 2 is 2.17 bits per heavy atom. The van der Waals surface area contributed by atoms with E-state index in [2.05, 4.69) is 17.6 Å². The van der Waals surface area contributed by atoms with Crippen LogP contribution in [-0.4, -0.2) is 64.1 Å². The van der Waals surface area contributed by atoms with Gasteiger partial charge in [0.15, 0.2) is 0 Å². The fourth-order valence-electron chi connectivity index (χ4n) is 3.05. The van der Waals surface area contributed by atoms with Crippen molar-refractivity contribution in [2.45, 2.75) is 24.3 Å². The van der Waals surface area contributed by atoms with Crippen molar-refractivity contribution in [3.63, 3.8) is 0 Å². The Hall–Kier alpha value is -1.00. The van der Waals surface area contributed by atoms with Gasteiger partial charge in [-0.1, -0.05) is 6.92 Å². The molecule has 0 aromatic carbocycles. The number of hydrogen-bond acceptors (Lipinski definition) is 6. The van der Waals surface area contributed by atoms with Crippen LogP contribution in [0.3, 0.4) is 0 Å². The van der Waals surface area contributed by atoms with Crippen molar-refractivity contribution in [1.29, 1.82) is 0 Å². The van der Waals surface area contributed by atoms with E-state index in [1.165, 1.54) is 21.7 Å². The summed E-state index contributed by atoms with van der Waals surface area (Å²) < 4.78 is 32.2. The van der Waals surface area contributed by atoms with E-state index in [-0.39, 0.29) is 21.7 Å². The summed E-state index contributed by atoms with van der Waals surface area (Å²) in [4.78, 5) is 13.0. The summed E-state index contributed by atoms with van der Waals surface area (Å²) in [7, 11) is -3.66. The lowest BCUT2D eigenvalue weighted by molar-refractivity contribution is 0.0730. The van der Waals surface area contributed by atoms with Gasteiger partial charge in [0.1, 0.15) is 9.77 Å². The molecule has 1 amide bonds. The molecule has 7 nitrogen and oxygen atoms in total. The summed E-state index contributed by atoms with van der Waals surface area (Å²) in [6, 6.07) is 1.59. The first-order chi connectivity index (χ1) is 11.5. The number of carbonyl (C=O) groups is 1. The molecule has 0 bridgehead atoms. The van der Waals surface area contributed by atoms with Crippen LogP contribution >= 0.6 is 11.3 Å². The second-order valence-electron chi connectivity index (χ2n) is 6.18. The predicted molar refractivity (Wildman–Crippen MR) is 91.8 cm³/mol. The molecule has 134 valence electrons. The Balaban J connectivity index is 1.78. The van der Waals surface area contributed by atoms with Crippen molar-refractivity contribution in [1.82, 2.24) is 14.9 Å². The van der Waals surface area contributed by atoms with Crippen LogP contribution in [0.5, 0.6) is 0 Å². The number of nitrogens with zero attached hydrogens (tertiary/aromatic N) is 1. The average molecular weight is 374 g/mol. The summed E-state index contributed by atoms with van der Waals surface area (Å²) in [5.41, 5.74) is 0. The monoisotopic (exact) mass is 373 g/mol. The van der Waals surface area contributed by atoms with Gasteiger partial charge in [-0.2, -0.15) is 4.31 Å². The number of hydrogen-bond donors (Lipinski definition) is 2. The molecule has 1 aromatic heterocycles. The number of rotatable bonds is 4. The second-order valence-corrected chi connectivity index (χ2v) is 9.00. The van der Waals surface area contributed by atoms with Crippen molar-refractivity contribution in [2.75, 3.05) is 39.4 Å². The molecular formula is C15H23N3O4S2. The first kappa shape index (κ1) is 17.8. The van der Waals surface area contributed by atoms with Crippen molar-refractivity contribution < 1.29 is 17.9 Å². The molecule has 3 rings (SSSR count). The molecule has 2 fully saturated rings. The fraction of sp³-hybridized carbons (Fsp3) is 0.667. The van der Waals surface area contributed by atoms with Crippen LogP contribution in [-0.2, 0) is 14.8 Å². The lowest BCUT2D eigenvalue weighted by Gasteiger charge is -2.30. The smallest absolute Gasteiger partial charge is 0.262 e. The summed E-state index contributed by atoms with van der Waals surface area (Å²) in [6.07, 6.45) is 0.851. The Kier molecular flexibility index (Phi) is 5.56. The van der Waals surface area contributed by atoms with Crippen LogP contribution in [0.15, 0.2) is 16.3 Å². The third kappa shape index (κ3) is 3.65. The maximum Gasteiger partial charge on any atom is 0.262 e. The van der Waals surface area contributed by atoms with Crippen LogP contribution < -0.4 is 10.6 Å². The van der Waals surface area contributed by atoms with E-state index in [9.17, 15) is 13.2 Å². The normalized spacial score (nSPS) is 26.2. The van der Waals surface area contributed by atoms with Gasteiger partial charge in [-0.25, -0.2) is 8.42 Å². The highest BCUT2D eigenvalue weighted by molar-refractivity contribution is 7.89. The maximum atomic E-state index is 12.8. The van der Waals surface area contributed by atoms with E-state index in [1.54, 1.807) is 5.38 Å². The molecule has 3 heterocycles. The molecule has 2 aliphatic rings. The molecule has 0 radical (unpaired) electrons. The Morgan fingerprint density at radius 1 is 1.42 bits per heavy atom. The first-order valence-electron chi connectivity index (χ1n) is 8.17. The molecule has 9 heteroatoms. The minimum Gasteiger partial charge on any atom is -0.379 e. The number of thiophene rings is 1. The lowest BCUT2D eigenvalue weighted by Crippen LogP contribution is -2.48. The number of amides is 1. The van der Waals surface area contributed by atoms with E-state index in [1.807, 2.05) is 0 Å². The summed E-state index contributed by atoms with van der Waals surface area (Å²) in [5.74, 6) is 0.0255. The first-order valence-corrected chi connectivity index (χ1v) is 10.5. The maximum absolute atomic E-state index is 12.8. The van der Waals surface area contributed by atoms with Gasteiger partial charge in [0.05, 0.1) is 13.2 Å². The van der Waals surface area contributed by atoms with E-state index >= 15 is 0 Å². The summed E-state index contributed by atoms with van der Waals surface area (Å²) >= 11 is 1.17. The molecular weight excluding hydrogens is 350 g/mol. The zero-order chi connectivity index (χ0) is 17.2. The molecule has 2 unspecified atom stereocenters. The third-order valence-electron chi connectivity index (χ3n) is 4.53. The fourth-order valence-corrected chi connectivity index (χ4v) is 5.77. The molecule has 2 aliphatic heterocycles. The van der Waals surface area contributed by atoms with Crippen LogP contribution in [0.25, 0.3) is 0 Å². The molecule has 0 spiro atoms. The van der Waals surface area contributed by atoms with Crippen molar-refractivity contribution >= 4 is 27.3 Å². The highest BCUT2D eigenvalue weighted by Crippen LogP contribution is 2.26. The quantitative estimate of drug-likeness (QED) is 0.802. The number of piperidine rings is 1. The molecule has 2 atom stereocenters. The van der Waals surface area contributed by atoms with E-state index < -0.39 is 10.0 Å². The van der Waals surface area contributed by atoms with Gasteiger partial charge >= 0.3 is 0 Å². The van der Waals surface area contributed by atoms with Crippen LogP contribution in [0.4, 0.5) is 0 Å². The minimum absolute atomic E-state index is 0.0693. The Morgan fingerprint density at radius 3 is 2.88 bits per heavy atom. The Bertz CT molecular complexity index is 683. The average Bonchev–Trinajstić information content (AvgIpc) is 3.08. The van der Waals surface area contributed by atoms with Crippen LogP contribution in [0.2, 0.25) is 0 Å². The molecule has 2 N–H and O–H groups in total. The molecule has 0 saturated carbocycles. The highest BCUT2D eigenvalue weighted by Gasteiger charge is 2.32. The predicted octanol–water partition coefficient (Wildman–Crippen LogP) is 0.497. The second kappa shape index (κ2) is 7.49. The Labute approximate surface area is 146 Å². The number of ether oxygens (including phenoxy) is 1. The van der Waals surface area contributed by atoms with Gasteiger partial charge < -0.3 is 15.4 Å². The zero-order valence-corrected chi connectivity index (χ0v) is 15.3. The summed E-state index contributed by atoms with van der Waals surface area (Å²) in [6.45, 7) is 5.22. The van der Waals surface area contributed by atoms with Gasteiger partial charge in [-0.15, -0.1) is 11.3 Å². The van der Waals surface area contributed by atoms with Gasteiger partial charge in [0, 0.05) is 19.1 Å². The van der Waals surface area contributed by atoms with E-state index in [0.717, 1.165) is 19.5 Å². The van der Waals surface area contributed by atoms with Gasteiger partial charge in [0.25, 0.3) is 5.91 Å². The van der Waals surface area contributed by atoms with Crippen LogP contribution in [0, 0.1) is 5.92 Å². The number of nitrogens with one attached hydrogen (secondary N) is 2. The third-order valence-corrected chi connectivity index (χ3v) is 7.51. The van der Waals surface area contributed by atoms with Crippen LogP contribution in [0.1, 0.15) is 23.0 Å². The van der Waals surface area contributed by atoms with Crippen molar-refractivity contribution in [2.24, 2.45) is 5.92 Å². The zero-order valence-electron chi connectivity index (χ0n) is 13.7. The van der Waals surface area contributed by atoms with Crippen molar-refractivity contribution in [3.8, 4) is 0 Å². The largest absolute Gasteiger partial charge is 0.379 e. The SMILES string of the molecule is CC1CNCCC1NC(=O)c1sccc1S(=O)(=O)N1CCOCC1. The topological polar surface area (TPSA) is 87.7 Å². The standard InChI is InChI=1S/C15H23N3O4S2/c1-11-10-16-4-2-12(11)17-15(19)14-13(3-9-23-14)24(20,21)18-5-7-22-8-6-18/h3,9,11-12,16H,2,4-8,10H2,1H3,(H,17,19). The van der Waals surface area contributed by atoms with Gasteiger partial charge in [-0.05, 0) is 36.9 Å². The molecule has 24 heavy (non-hydrogen) atoms. The number of carbonyl (C=O) groups excluding carboxylic acids is 1. The number of sulfonamides is 1. The molecule has 2 saturated heterocycles. The molecule has 0 aliphatic carbocycles. The molecule has 1 aromatic rings.